The molecule has 0 bridgehead atoms. The van der Waals surface area contributed by atoms with Gasteiger partial charge in [0.25, 0.3) is 0 Å². The molecule has 0 aromatic heterocycles. The molecular weight excluding hydrogens is 254 g/mol. The van der Waals surface area contributed by atoms with Crippen LogP contribution in [0.15, 0.2) is 23.8 Å². The van der Waals surface area contributed by atoms with E-state index < -0.39 is 0 Å². The van der Waals surface area contributed by atoms with Crippen LogP contribution in [-0.2, 0) is 4.79 Å². The Hall–Kier alpha value is -1.69. The fourth-order valence-corrected chi connectivity index (χ4v) is 2.26. The Morgan fingerprint density at radius 2 is 1.95 bits per heavy atom. The van der Waals surface area contributed by atoms with Gasteiger partial charge in [0.1, 0.15) is 5.82 Å². The Labute approximate surface area is 121 Å². The molecule has 0 aromatic rings. The molecule has 1 rings (SSSR count). The van der Waals surface area contributed by atoms with E-state index in [1.807, 2.05) is 7.05 Å². The van der Waals surface area contributed by atoms with Gasteiger partial charge in [0.15, 0.2) is 0 Å². The molecule has 0 radical (unpaired) electrons. The fraction of sp³-hybridized carbons (Fsp3) is 0.643. The second-order valence-electron chi connectivity index (χ2n) is 5.10. The van der Waals surface area contributed by atoms with E-state index >= 15 is 0 Å². The van der Waals surface area contributed by atoms with Crippen molar-refractivity contribution in [3.8, 4) is 0 Å². The minimum Gasteiger partial charge on any atom is -0.385 e. The maximum absolute atomic E-state index is 11.2. The first kappa shape index (κ1) is 16.4. The van der Waals surface area contributed by atoms with Crippen molar-refractivity contribution in [1.29, 1.82) is 0 Å². The third-order valence-electron chi connectivity index (χ3n) is 3.51. The smallest absolute Gasteiger partial charge is 0.225 e. The van der Waals surface area contributed by atoms with E-state index in [2.05, 4.69) is 15.5 Å². The van der Waals surface area contributed by atoms with Gasteiger partial charge in [-0.05, 0) is 44.5 Å². The first-order valence-corrected chi connectivity index (χ1v) is 7.19. The maximum Gasteiger partial charge on any atom is 0.225 e. The normalized spacial score (nSPS) is 18.2. The number of nitrogens with two attached hydrogens (primary N) is 2. The second-order valence-corrected chi connectivity index (χ2v) is 5.10. The van der Waals surface area contributed by atoms with E-state index in [4.69, 9.17) is 11.5 Å². The molecule has 0 aromatic carbocycles. The number of likely N-dealkylation sites (tertiary alicyclic amines) is 1. The zero-order valence-corrected chi connectivity index (χ0v) is 12.5. The molecule has 6 heteroatoms. The van der Waals surface area contributed by atoms with Crippen LogP contribution in [0, 0.1) is 5.92 Å². The number of nitrogens with zero attached hydrogens (tertiary/aromatic N) is 1. The molecule has 1 aliphatic rings. The lowest BCUT2D eigenvalue weighted by Crippen LogP contribution is -2.38. The lowest BCUT2D eigenvalue weighted by atomic mass is 9.97. The summed E-state index contributed by atoms with van der Waals surface area (Å²) in [4.78, 5) is 13.3. The minimum absolute atomic E-state index is 0.0985. The summed E-state index contributed by atoms with van der Waals surface area (Å²) in [6, 6.07) is 0. The van der Waals surface area contributed by atoms with E-state index in [-0.39, 0.29) is 5.91 Å². The van der Waals surface area contributed by atoms with Gasteiger partial charge in [-0.25, -0.2) is 0 Å². The lowest BCUT2D eigenvalue weighted by molar-refractivity contribution is -0.120. The van der Waals surface area contributed by atoms with Crippen molar-refractivity contribution in [2.75, 3.05) is 26.7 Å². The summed E-state index contributed by atoms with van der Waals surface area (Å²) in [6.45, 7) is 4.77. The summed E-state index contributed by atoms with van der Waals surface area (Å²) >= 11 is 0. The zero-order valence-electron chi connectivity index (χ0n) is 12.5. The van der Waals surface area contributed by atoms with Crippen LogP contribution in [0.3, 0.4) is 0 Å². The molecule has 1 heterocycles. The van der Waals surface area contributed by atoms with Crippen LogP contribution < -0.4 is 22.1 Å². The van der Waals surface area contributed by atoms with Crippen LogP contribution in [0.2, 0.25) is 0 Å². The fourth-order valence-electron chi connectivity index (χ4n) is 2.26. The SMILES string of the molecule is CCC(=O)N/C(N)=C/C=C(\N)N1CCC(CNC)CC1. The third kappa shape index (κ3) is 5.52. The van der Waals surface area contributed by atoms with Gasteiger partial charge in [-0.1, -0.05) is 6.92 Å². The summed E-state index contributed by atoms with van der Waals surface area (Å²) in [6.07, 6.45) is 6.08. The average molecular weight is 281 g/mol. The summed E-state index contributed by atoms with van der Waals surface area (Å²) in [5, 5.41) is 5.80. The summed E-state index contributed by atoms with van der Waals surface area (Å²) in [5.74, 6) is 1.65. The molecule has 1 aliphatic heterocycles. The standard InChI is InChI=1S/C14H27N5O/c1-3-14(20)18-12(15)4-5-13(16)19-8-6-11(7-9-19)10-17-2/h4-5,11,17H,3,6-10,15-16H2,1-2H3,(H,18,20)/b12-4+,13-5+. The van der Waals surface area contributed by atoms with Crippen molar-refractivity contribution >= 4 is 5.91 Å². The van der Waals surface area contributed by atoms with E-state index in [0.29, 0.717) is 18.1 Å². The van der Waals surface area contributed by atoms with Crippen LogP contribution >= 0.6 is 0 Å². The molecule has 6 N–H and O–H groups in total. The monoisotopic (exact) mass is 281 g/mol. The first-order valence-electron chi connectivity index (χ1n) is 7.19. The summed E-state index contributed by atoms with van der Waals surface area (Å²) in [5.41, 5.74) is 11.7. The predicted molar refractivity (Wildman–Crippen MR) is 81.2 cm³/mol. The number of allylic oxidation sites excluding steroid dienone is 2. The van der Waals surface area contributed by atoms with Crippen LogP contribution in [-0.4, -0.2) is 37.5 Å². The van der Waals surface area contributed by atoms with Crippen molar-refractivity contribution in [3.05, 3.63) is 23.8 Å². The number of amides is 1. The van der Waals surface area contributed by atoms with Gasteiger partial charge < -0.3 is 27.0 Å². The van der Waals surface area contributed by atoms with Crippen LogP contribution in [0.25, 0.3) is 0 Å². The van der Waals surface area contributed by atoms with Gasteiger partial charge >= 0.3 is 0 Å². The van der Waals surface area contributed by atoms with Gasteiger partial charge in [-0.2, -0.15) is 0 Å². The molecule has 20 heavy (non-hydrogen) atoms. The molecule has 0 saturated carbocycles. The molecule has 114 valence electrons. The number of carbonyl (C=O) groups excluding carboxylic acids is 1. The van der Waals surface area contributed by atoms with Crippen molar-refractivity contribution < 1.29 is 4.79 Å². The number of carbonyl (C=O) groups is 1. The molecule has 1 fully saturated rings. The van der Waals surface area contributed by atoms with Gasteiger partial charge in [-0.15, -0.1) is 0 Å². The van der Waals surface area contributed by atoms with Crippen molar-refractivity contribution in [3.63, 3.8) is 0 Å². The first-order chi connectivity index (χ1) is 9.56. The largest absolute Gasteiger partial charge is 0.385 e. The Morgan fingerprint density at radius 3 is 2.50 bits per heavy atom. The van der Waals surface area contributed by atoms with E-state index in [1.165, 1.54) is 0 Å². The van der Waals surface area contributed by atoms with Crippen LogP contribution in [0.5, 0.6) is 0 Å². The quantitative estimate of drug-likeness (QED) is 0.516. The second kappa shape index (κ2) is 8.47. The predicted octanol–water partition coefficient (Wildman–Crippen LogP) is 0.0442. The topological polar surface area (TPSA) is 96.4 Å². The van der Waals surface area contributed by atoms with Gasteiger partial charge in [0.05, 0.1) is 5.82 Å². The number of rotatable bonds is 6. The van der Waals surface area contributed by atoms with E-state index in [9.17, 15) is 4.79 Å². The maximum atomic E-state index is 11.2. The zero-order chi connectivity index (χ0) is 15.0. The van der Waals surface area contributed by atoms with Crippen molar-refractivity contribution in [2.45, 2.75) is 26.2 Å². The van der Waals surface area contributed by atoms with Crippen LogP contribution in [0.1, 0.15) is 26.2 Å². The summed E-state index contributed by atoms with van der Waals surface area (Å²) in [7, 11) is 1.98. The molecule has 0 atom stereocenters. The lowest BCUT2D eigenvalue weighted by Gasteiger charge is -2.33. The van der Waals surface area contributed by atoms with Crippen molar-refractivity contribution in [1.82, 2.24) is 15.5 Å². The highest BCUT2D eigenvalue weighted by Gasteiger charge is 2.18. The Bertz CT molecular complexity index is 370. The number of hydrogen-bond acceptors (Lipinski definition) is 5. The number of hydrogen-bond donors (Lipinski definition) is 4. The van der Waals surface area contributed by atoms with Crippen molar-refractivity contribution in [2.24, 2.45) is 17.4 Å². The Balaban J connectivity index is 2.45. The average Bonchev–Trinajstić information content (AvgIpc) is 2.45. The highest BCUT2D eigenvalue weighted by atomic mass is 16.1. The van der Waals surface area contributed by atoms with Crippen LogP contribution in [0.4, 0.5) is 0 Å². The molecule has 1 amide bonds. The van der Waals surface area contributed by atoms with Gasteiger partial charge in [0, 0.05) is 19.5 Å². The highest BCUT2D eigenvalue weighted by molar-refractivity contribution is 5.77. The molecule has 1 saturated heterocycles. The molecule has 0 spiro atoms. The summed E-state index contributed by atoms with van der Waals surface area (Å²) < 4.78 is 0. The van der Waals surface area contributed by atoms with E-state index in [1.54, 1.807) is 19.1 Å². The number of nitrogens with one attached hydrogen (secondary N) is 2. The van der Waals surface area contributed by atoms with Gasteiger partial charge in [-0.3, -0.25) is 4.79 Å². The highest BCUT2D eigenvalue weighted by Crippen LogP contribution is 2.18. The molecule has 6 nitrogen and oxygen atoms in total. The third-order valence-corrected chi connectivity index (χ3v) is 3.51. The van der Waals surface area contributed by atoms with E-state index in [0.717, 1.165) is 38.4 Å². The Morgan fingerprint density at radius 1 is 1.30 bits per heavy atom. The Kier molecular flexibility index (Phi) is 6.93. The minimum atomic E-state index is -0.0985. The molecular formula is C14H27N5O. The number of piperidine rings is 1. The molecule has 0 aliphatic carbocycles. The molecule has 0 unspecified atom stereocenters. The van der Waals surface area contributed by atoms with Gasteiger partial charge in [0.2, 0.25) is 5.91 Å².